The normalized spacial score (nSPS) is 9.27. The Morgan fingerprint density at radius 1 is 0.818 bits per heavy atom. The minimum absolute atomic E-state index is 0.149. The zero-order chi connectivity index (χ0) is 16.0. The zero-order valence-electron chi connectivity index (χ0n) is 12.9. The van der Waals surface area contributed by atoms with Crippen LogP contribution in [-0.2, 0) is 4.74 Å². The fraction of sp³-hybridized carbons (Fsp3) is 0.200. The van der Waals surface area contributed by atoms with Crippen molar-refractivity contribution in [3.05, 3.63) is 60.7 Å². The van der Waals surface area contributed by atoms with Gasteiger partial charge in [0.2, 0.25) is 0 Å². The van der Waals surface area contributed by atoms with Crippen molar-refractivity contribution in [2.24, 2.45) is 0 Å². The van der Waals surface area contributed by atoms with Crippen molar-refractivity contribution < 1.29 is 4.74 Å². The first kappa shape index (κ1) is 18.0. The van der Waals surface area contributed by atoms with Gasteiger partial charge in [-0.25, -0.2) is 0 Å². The van der Waals surface area contributed by atoms with Crippen LogP contribution in [0.25, 0.3) is 0 Å². The molecule has 0 saturated carbocycles. The average molecular weight is 308 g/mol. The molecule has 0 unspecified atom stereocenters. The molecular weight excluding hydrogens is 287 g/mol. The van der Waals surface area contributed by atoms with Gasteiger partial charge in [0.1, 0.15) is 13.2 Å². The molecule has 0 radical (unpaired) electrons. The van der Waals surface area contributed by atoms with Gasteiger partial charge in [-0.15, -0.1) is 12.8 Å². The summed E-state index contributed by atoms with van der Waals surface area (Å²) in [6.07, 6.45) is 10.9. The highest BCUT2D eigenvalue weighted by Gasteiger charge is 2.09. The maximum absolute atomic E-state index is 4.83. The average Bonchev–Trinajstić information content (AvgIpc) is 2.59. The van der Waals surface area contributed by atoms with E-state index in [2.05, 4.69) is 84.2 Å². The Hall–Kier alpha value is -2.05. The van der Waals surface area contributed by atoms with Gasteiger partial charge in [-0.1, -0.05) is 79.4 Å². The topological polar surface area (TPSA) is 9.23 Å². The molecule has 0 saturated heterocycles. The summed E-state index contributed by atoms with van der Waals surface area (Å²) < 4.78 is 4.66. The zero-order valence-corrected chi connectivity index (χ0v) is 13.8. The first-order valence-electron chi connectivity index (χ1n) is 7.15. The van der Waals surface area contributed by atoms with E-state index >= 15 is 0 Å². The highest BCUT2D eigenvalue weighted by molar-refractivity contribution is 7.72. The molecule has 112 valence electrons. The maximum atomic E-state index is 4.83. The van der Waals surface area contributed by atoms with Crippen molar-refractivity contribution in [3.63, 3.8) is 0 Å². The lowest BCUT2D eigenvalue weighted by atomic mass is 10.4. The van der Waals surface area contributed by atoms with Crippen LogP contribution in [0.4, 0.5) is 0 Å². The minimum atomic E-state index is -0.149. The van der Waals surface area contributed by atoms with Crippen molar-refractivity contribution in [1.82, 2.24) is 0 Å². The van der Waals surface area contributed by atoms with Crippen LogP contribution in [0.15, 0.2) is 60.7 Å². The second kappa shape index (κ2) is 11.6. The second-order valence-corrected chi connectivity index (χ2v) is 6.84. The van der Waals surface area contributed by atoms with Gasteiger partial charge in [0.05, 0.1) is 0 Å². The molecule has 22 heavy (non-hydrogen) atoms. The van der Waals surface area contributed by atoms with Crippen molar-refractivity contribution in [2.45, 2.75) is 6.92 Å². The fourth-order valence-electron chi connectivity index (χ4n) is 1.90. The van der Waals surface area contributed by atoms with Crippen LogP contribution in [-0.4, -0.2) is 19.4 Å². The molecule has 0 heterocycles. The summed E-state index contributed by atoms with van der Waals surface area (Å²) in [5, 5.41) is 2.95. The smallest absolute Gasteiger partial charge is 0.108 e. The first-order chi connectivity index (χ1) is 10.8. The van der Waals surface area contributed by atoms with Crippen LogP contribution in [0.2, 0.25) is 0 Å². The van der Waals surface area contributed by atoms with E-state index in [4.69, 9.17) is 12.8 Å². The Morgan fingerprint density at radius 2 is 1.23 bits per heavy atom. The lowest BCUT2D eigenvalue weighted by Crippen LogP contribution is -2.12. The first-order valence-corrected chi connectivity index (χ1v) is 8.68. The fourth-order valence-corrected chi connectivity index (χ4v) is 3.99. The van der Waals surface area contributed by atoms with E-state index in [1.54, 1.807) is 0 Å². The van der Waals surface area contributed by atoms with Crippen LogP contribution in [0, 0.1) is 24.7 Å². The van der Waals surface area contributed by atoms with E-state index in [9.17, 15) is 0 Å². The number of benzene rings is 2. The Balaban J connectivity index is 0.000000295. The van der Waals surface area contributed by atoms with E-state index < -0.39 is 0 Å². The molecular formula is C20H21OP. The summed E-state index contributed by atoms with van der Waals surface area (Å²) in [5.74, 6) is 4.57. The maximum Gasteiger partial charge on any atom is 0.108 e. The van der Waals surface area contributed by atoms with Gasteiger partial charge in [0.15, 0.2) is 0 Å². The minimum Gasteiger partial charge on any atom is -0.356 e. The van der Waals surface area contributed by atoms with Crippen LogP contribution < -0.4 is 10.6 Å². The van der Waals surface area contributed by atoms with E-state index in [1.807, 2.05) is 0 Å². The van der Waals surface area contributed by atoms with Gasteiger partial charge in [0, 0.05) is 0 Å². The Morgan fingerprint density at radius 3 is 1.55 bits per heavy atom. The van der Waals surface area contributed by atoms with Gasteiger partial charge in [-0.3, -0.25) is 0 Å². The Labute approximate surface area is 135 Å². The predicted molar refractivity (Wildman–Crippen MR) is 98.1 cm³/mol. The molecule has 0 aliphatic rings. The van der Waals surface area contributed by atoms with Gasteiger partial charge < -0.3 is 4.74 Å². The van der Waals surface area contributed by atoms with Gasteiger partial charge >= 0.3 is 0 Å². The van der Waals surface area contributed by atoms with E-state index in [1.165, 1.54) is 16.8 Å². The lowest BCUT2D eigenvalue weighted by Gasteiger charge is -2.16. The van der Waals surface area contributed by atoms with Gasteiger partial charge in [-0.05, 0) is 24.7 Å². The quantitative estimate of drug-likeness (QED) is 0.467. The van der Waals surface area contributed by atoms with Crippen LogP contribution in [0.3, 0.4) is 0 Å². The highest BCUT2D eigenvalue weighted by atomic mass is 31.1. The summed E-state index contributed by atoms with van der Waals surface area (Å²) in [4.78, 5) is 0. The third kappa shape index (κ3) is 6.60. The lowest BCUT2D eigenvalue weighted by molar-refractivity contribution is 0.205. The molecule has 0 fully saturated rings. The molecule has 1 nitrogen and oxygen atoms in total. The summed E-state index contributed by atoms with van der Waals surface area (Å²) in [5.41, 5.74) is 0. The number of terminal acetylenes is 2. The third-order valence-corrected chi connectivity index (χ3v) is 5.30. The Bertz CT molecular complexity index is 540. The summed E-state index contributed by atoms with van der Waals surface area (Å²) in [6, 6.07) is 21.6. The molecule has 2 aromatic carbocycles. The van der Waals surface area contributed by atoms with Crippen molar-refractivity contribution in [3.8, 4) is 24.7 Å². The summed E-state index contributed by atoms with van der Waals surface area (Å²) >= 11 is 0. The van der Waals surface area contributed by atoms with Crippen molar-refractivity contribution >= 4 is 18.5 Å². The summed E-state index contributed by atoms with van der Waals surface area (Å²) in [6.45, 7) is 2.89. The van der Waals surface area contributed by atoms with Gasteiger partial charge in [-0.2, -0.15) is 0 Å². The second-order valence-electron chi connectivity index (χ2n) is 4.32. The van der Waals surface area contributed by atoms with Gasteiger partial charge in [0.25, 0.3) is 0 Å². The van der Waals surface area contributed by atoms with Crippen LogP contribution in [0.5, 0.6) is 0 Å². The molecule has 0 atom stereocenters. The third-order valence-electron chi connectivity index (χ3n) is 2.82. The SMILES string of the molecule is C#CCOCC#C.CCP(c1ccccc1)c1ccccc1. The van der Waals surface area contributed by atoms with E-state index in [0.717, 1.165) is 0 Å². The molecule has 2 rings (SSSR count). The molecule has 0 aromatic heterocycles. The van der Waals surface area contributed by atoms with Crippen molar-refractivity contribution in [1.29, 1.82) is 0 Å². The van der Waals surface area contributed by atoms with E-state index in [-0.39, 0.29) is 7.92 Å². The largest absolute Gasteiger partial charge is 0.356 e. The van der Waals surface area contributed by atoms with Crippen LogP contribution >= 0.6 is 7.92 Å². The Kier molecular flexibility index (Phi) is 9.48. The number of rotatable bonds is 5. The molecule has 0 amide bonds. The van der Waals surface area contributed by atoms with E-state index in [0.29, 0.717) is 13.2 Å². The molecule has 0 bridgehead atoms. The molecule has 0 spiro atoms. The number of hydrogen-bond donors (Lipinski definition) is 0. The molecule has 2 heteroatoms. The number of hydrogen-bond acceptors (Lipinski definition) is 1. The molecule has 0 N–H and O–H groups in total. The monoisotopic (exact) mass is 308 g/mol. The predicted octanol–water partition coefficient (Wildman–Crippen LogP) is 3.41. The van der Waals surface area contributed by atoms with Crippen LogP contribution in [0.1, 0.15) is 6.92 Å². The summed E-state index contributed by atoms with van der Waals surface area (Å²) in [7, 11) is -0.149. The molecule has 0 aliphatic heterocycles. The molecule has 2 aromatic rings. The van der Waals surface area contributed by atoms with Crippen molar-refractivity contribution in [2.75, 3.05) is 19.4 Å². The standard InChI is InChI=1S/C14H15P.C6H6O/c1-2-15(13-9-5-3-6-10-13)14-11-7-4-8-12-14;1-3-5-7-6-4-2/h3-12H,2H2,1H3;1-2H,5-6H2. The molecule has 0 aliphatic carbocycles. The highest BCUT2D eigenvalue weighted by Crippen LogP contribution is 2.32. The number of ether oxygens (including phenoxy) is 1.